The third-order valence-corrected chi connectivity index (χ3v) is 6.14. The zero-order valence-electron chi connectivity index (χ0n) is 12.4. The molecule has 1 saturated heterocycles. The van der Waals surface area contributed by atoms with Gasteiger partial charge in [-0.3, -0.25) is 19.2 Å². The number of benzene rings is 1. The minimum absolute atomic E-state index is 0.0159. The second-order valence-electron chi connectivity index (χ2n) is 4.99. The summed E-state index contributed by atoms with van der Waals surface area (Å²) >= 11 is 11.5. The van der Waals surface area contributed by atoms with Crippen molar-refractivity contribution in [1.29, 1.82) is 0 Å². The Bertz CT molecular complexity index is 598. The van der Waals surface area contributed by atoms with Gasteiger partial charge in [-0.05, 0) is 12.0 Å². The number of hydrogen-bond acceptors (Lipinski definition) is 4. The highest BCUT2D eigenvalue weighted by atomic mass is 35.5. The molecule has 1 aliphatic heterocycles. The van der Waals surface area contributed by atoms with Gasteiger partial charge >= 0.3 is 7.67 Å². The Kier molecular flexibility index (Phi) is 6.83. The molecule has 23 heavy (non-hydrogen) atoms. The van der Waals surface area contributed by atoms with Gasteiger partial charge in [0.2, 0.25) is 0 Å². The van der Waals surface area contributed by atoms with Crippen LogP contribution in [0.1, 0.15) is 18.1 Å². The van der Waals surface area contributed by atoms with E-state index in [4.69, 9.17) is 27.7 Å². The molecule has 1 heterocycles. The van der Waals surface area contributed by atoms with E-state index in [9.17, 15) is 14.7 Å². The van der Waals surface area contributed by atoms with Gasteiger partial charge in [0, 0.05) is 43.5 Å². The summed E-state index contributed by atoms with van der Waals surface area (Å²) < 4.78 is 20.5. The van der Waals surface area contributed by atoms with E-state index < -0.39 is 18.7 Å². The molecule has 1 fully saturated rings. The zero-order chi connectivity index (χ0) is 16.9. The molecule has 1 aromatic carbocycles. The summed E-state index contributed by atoms with van der Waals surface area (Å²) in [6, 6.07) is 6.20. The van der Waals surface area contributed by atoms with Crippen LogP contribution in [0.25, 0.3) is 0 Å². The molecule has 0 saturated carbocycles. The van der Waals surface area contributed by atoms with Crippen molar-refractivity contribution in [3.8, 4) is 0 Å². The van der Waals surface area contributed by atoms with Crippen molar-refractivity contribution in [3.05, 3.63) is 39.9 Å². The molecule has 0 spiro atoms. The van der Waals surface area contributed by atoms with E-state index in [-0.39, 0.29) is 5.69 Å². The monoisotopic (exact) mass is 381 g/mol. The first kappa shape index (κ1) is 18.6. The van der Waals surface area contributed by atoms with Gasteiger partial charge in [0.25, 0.3) is 5.69 Å². The van der Waals surface area contributed by atoms with Crippen molar-refractivity contribution >= 4 is 36.6 Å². The van der Waals surface area contributed by atoms with Gasteiger partial charge in [0.05, 0.1) is 11.0 Å². The van der Waals surface area contributed by atoms with Crippen LogP contribution in [-0.2, 0) is 9.09 Å². The highest BCUT2D eigenvalue weighted by molar-refractivity contribution is 7.54. The summed E-state index contributed by atoms with van der Waals surface area (Å²) in [5, 5.41) is 13.8. The Morgan fingerprint density at radius 3 is 2.70 bits per heavy atom. The van der Waals surface area contributed by atoms with Gasteiger partial charge in [-0.1, -0.05) is 12.1 Å². The summed E-state index contributed by atoms with van der Waals surface area (Å²) in [7, 11) is -3.27. The number of rotatable bonds is 7. The molecule has 1 N–H and O–H groups in total. The molecule has 10 heteroatoms. The lowest BCUT2D eigenvalue weighted by Gasteiger charge is -2.37. The summed E-state index contributed by atoms with van der Waals surface area (Å²) in [4.78, 5) is 10.4. The summed E-state index contributed by atoms with van der Waals surface area (Å²) in [6.07, 6.45) is 0.0935. The number of nitro groups is 1. The SMILES string of the molecule is O=[N+]([O-])c1cccc([C@H]2CCNP(=O)(N(CCCl)CCCl)O2)c1. The van der Waals surface area contributed by atoms with Gasteiger partial charge in [-0.2, -0.15) is 0 Å². The fraction of sp³-hybridized carbons (Fsp3) is 0.538. The molecule has 0 aliphatic carbocycles. The quantitative estimate of drug-likeness (QED) is 0.336. The second kappa shape index (κ2) is 8.42. The van der Waals surface area contributed by atoms with E-state index in [1.807, 2.05) is 0 Å². The Morgan fingerprint density at radius 1 is 1.39 bits per heavy atom. The molecule has 1 aliphatic rings. The van der Waals surface area contributed by atoms with Crippen molar-refractivity contribution < 1.29 is 14.0 Å². The van der Waals surface area contributed by atoms with Crippen molar-refractivity contribution in [3.63, 3.8) is 0 Å². The molecule has 0 aromatic heterocycles. The minimum atomic E-state index is -3.27. The van der Waals surface area contributed by atoms with Crippen LogP contribution < -0.4 is 5.09 Å². The molecular formula is C13H18Cl2N3O4P. The van der Waals surface area contributed by atoms with E-state index in [1.165, 1.54) is 12.1 Å². The van der Waals surface area contributed by atoms with Gasteiger partial charge in [0.1, 0.15) is 0 Å². The fourth-order valence-electron chi connectivity index (χ4n) is 2.40. The molecule has 0 bridgehead atoms. The summed E-state index contributed by atoms with van der Waals surface area (Å²) in [5.41, 5.74) is 0.621. The largest absolute Gasteiger partial charge is 0.344 e. The van der Waals surface area contributed by atoms with E-state index in [0.717, 1.165) is 0 Å². The fourth-order valence-corrected chi connectivity index (χ4v) is 5.16. The summed E-state index contributed by atoms with van der Waals surface area (Å²) in [5.74, 6) is 0.598. The molecule has 2 atom stereocenters. The minimum Gasteiger partial charge on any atom is -0.298 e. The standard InChI is InChI=1S/C13H18Cl2N3O4P/c14-5-8-17(9-6-15)23(21)16-7-4-13(22-23)11-2-1-3-12(10-11)18(19)20/h1-3,10,13H,4-9H2,(H,16,21)/t13-,23?/m1/s1. The third-order valence-electron chi connectivity index (χ3n) is 3.50. The van der Waals surface area contributed by atoms with Crippen LogP contribution in [0.3, 0.4) is 0 Å². The van der Waals surface area contributed by atoms with Crippen LogP contribution in [0.15, 0.2) is 24.3 Å². The second-order valence-corrected chi connectivity index (χ2v) is 7.88. The first-order chi connectivity index (χ1) is 11.0. The molecule has 1 aromatic rings. The Morgan fingerprint density at radius 2 is 2.09 bits per heavy atom. The maximum Gasteiger partial charge on any atom is 0.344 e. The number of nitrogens with zero attached hydrogens (tertiary/aromatic N) is 2. The third kappa shape index (κ3) is 4.66. The number of nitro benzene ring substituents is 1. The number of nitrogens with one attached hydrogen (secondary N) is 1. The van der Waals surface area contributed by atoms with Gasteiger partial charge in [-0.15, -0.1) is 23.2 Å². The molecule has 1 unspecified atom stereocenters. The number of hydrogen-bond donors (Lipinski definition) is 1. The topological polar surface area (TPSA) is 84.7 Å². The predicted octanol–water partition coefficient (Wildman–Crippen LogP) is 3.53. The Hall–Kier alpha value is -0.690. The van der Waals surface area contributed by atoms with Crippen molar-refractivity contribution in [2.75, 3.05) is 31.4 Å². The Labute approximate surface area is 144 Å². The lowest BCUT2D eigenvalue weighted by atomic mass is 10.1. The van der Waals surface area contributed by atoms with Crippen LogP contribution in [0.5, 0.6) is 0 Å². The molecule has 2 rings (SSSR count). The highest BCUT2D eigenvalue weighted by Gasteiger charge is 2.38. The van der Waals surface area contributed by atoms with Crippen LogP contribution >= 0.6 is 30.9 Å². The Balaban J connectivity index is 2.21. The van der Waals surface area contributed by atoms with Gasteiger partial charge in [0.15, 0.2) is 0 Å². The first-order valence-corrected chi connectivity index (χ1v) is 9.80. The lowest BCUT2D eigenvalue weighted by molar-refractivity contribution is -0.385. The van der Waals surface area contributed by atoms with E-state index >= 15 is 0 Å². The molecule has 128 valence electrons. The number of non-ortho nitro benzene ring substituents is 1. The van der Waals surface area contributed by atoms with Crippen LogP contribution in [0, 0.1) is 10.1 Å². The number of halogens is 2. The smallest absolute Gasteiger partial charge is 0.298 e. The summed E-state index contributed by atoms with van der Waals surface area (Å²) in [6.45, 7) is 1.23. The van der Waals surface area contributed by atoms with E-state index in [1.54, 1.807) is 16.8 Å². The predicted molar refractivity (Wildman–Crippen MR) is 90.2 cm³/mol. The maximum atomic E-state index is 13.1. The lowest BCUT2D eigenvalue weighted by Crippen LogP contribution is -2.36. The molecular weight excluding hydrogens is 364 g/mol. The van der Waals surface area contributed by atoms with Crippen molar-refractivity contribution in [2.24, 2.45) is 0 Å². The molecule has 7 nitrogen and oxygen atoms in total. The zero-order valence-corrected chi connectivity index (χ0v) is 14.8. The average molecular weight is 382 g/mol. The molecule has 0 amide bonds. The van der Waals surface area contributed by atoms with Crippen molar-refractivity contribution in [1.82, 2.24) is 9.76 Å². The maximum absolute atomic E-state index is 13.1. The molecule has 0 radical (unpaired) electrons. The normalized spacial score (nSPS) is 24.7. The van der Waals surface area contributed by atoms with Gasteiger partial charge in [-0.25, -0.2) is 9.76 Å². The average Bonchev–Trinajstić information content (AvgIpc) is 2.55. The first-order valence-electron chi connectivity index (χ1n) is 7.15. The van der Waals surface area contributed by atoms with Crippen LogP contribution in [-0.4, -0.2) is 41.0 Å². The van der Waals surface area contributed by atoms with Crippen LogP contribution in [0.2, 0.25) is 0 Å². The van der Waals surface area contributed by atoms with Gasteiger partial charge < -0.3 is 0 Å². The van der Waals surface area contributed by atoms with Crippen molar-refractivity contribution in [2.45, 2.75) is 12.5 Å². The van der Waals surface area contributed by atoms with E-state index in [0.29, 0.717) is 43.4 Å². The highest BCUT2D eigenvalue weighted by Crippen LogP contribution is 2.53. The number of alkyl halides is 2. The van der Waals surface area contributed by atoms with E-state index in [2.05, 4.69) is 5.09 Å². The van der Waals surface area contributed by atoms with Crippen LogP contribution in [0.4, 0.5) is 5.69 Å².